The second-order valence-corrected chi connectivity index (χ2v) is 15.0. The van der Waals surface area contributed by atoms with Gasteiger partial charge in [0.25, 0.3) is 0 Å². The van der Waals surface area contributed by atoms with Crippen molar-refractivity contribution in [2.24, 2.45) is 0 Å². The zero-order valence-electron chi connectivity index (χ0n) is 31.8. The predicted octanol–water partition coefficient (Wildman–Crippen LogP) is 13.2. The molecule has 0 saturated heterocycles. The average Bonchev–Trinajstić information content (AvgIpc) is 3.13. The number of rotatable bonds is 25. The van der Waals surface area contributed by atoms with Crippen molar-refractivity contribution in [1.82, 2.24) is 0 Å². The Morgan fingerprint density at radius 3 is 1.00 bits per heavy atom. The van der Waals surface area contributed by atoms with E-state index in [1.165, 1.54) is 160 Å². The Balaban J connectivity index is 1.10. The van der Waals surface area contributed by atoms with Crippen molar-refractivity contribution in [2.45, 2.75) is 155 Å². The second kappa shape index (κ2) is 23.0. The molecule has 0 aliphatic heterocycles. The number of hydrogen-bond donors (Lipinski definition) is 2. The summed E-state index contributed by atoms with van der Waals surface area (Å²) in [7, 11) is 0. The number of aryl methyl sites for hydroxylation is 4. The van der Waals surface area contributed by atoms with E-state index < -0.39 is 0 Å². The molecule has 0 amide bonds. The van der Waals surface area contributed by atoms with Crippen molar-refractivity contribution in [1.29, 1.82) is 0 Å². The first-order chi connectivity index (χ1) is 24.5. The molecule has 0 aliphatic rings. The van der Waals surface area contributed by atoms with E-state index in [0.29, 0.717) is 0 Å². The summed E-state index contributed by atoms with van der Waals surface area (Å²) in [6.07, 6.45) is 27.5. The molecule has 4 aromatic rings. The zero-order valence-corrected chi connectivity index (χ0v) is 31.8. The van der Waals surface area contributed by atoms with Crippen LogP contribution in [0, 0.1) is 0 Å². The topological polar surface area (TPSA) is 52.0 Å². The molecule has 0 unspecified atom stereocenters. The highest BCUT2D eigenvalue weighted by molar-refractivity contribution is 5.50. The number of nitrogen functional groups attached to an aromatic ring is 2. The molecule has 0 saturated carbocycles. The molecule has 0 spiro atoms. The van der Waals surface area contributed by atoms with Crippen molar-refractivity contribution in [3.63, 3.8) is 0 Å². The first-order valence-electron chi connectivity index (χ1n) is 20.4. The van der Waals surface area contributed by atoms with E-state index in [2.05, 4.69) is 98.8 Å². The lowest BCUT2D eigenvalue weighted by Crippen LogP contribution is -1.98. The fraction of sp³-hybridized carbons (Fsp3) is 0.500. The Morgan fingerprint density at radius 1 is 0.320 bits per heavy atom. The third kappa shape index (κ3) is 14.8. The number of hydrogen-bond acceptors (Lipinski definition) is 2. The van der Waals surface area contributed by atoms with Gasteiger partial charge in [-0.15, -0.1) is 0 Å². The van der Waals surface area contributed by atoms with Gasteiger partial charge in [0.05, 0.1) is 0 Å². The zero-order chi connectivity index (χ0) is 35.2. The van der Waals surface area contributed by atoms with E-state index in [1.54, 1.807) is 0 Å². The molecule has 0 fully saturated rings. The fourth-order valence-electron chi connectivity index (χ4n) is 7.29. The Labute approximate surface area is 306 Å². The van der Waals surface area contributed by atoms with Crippen LogP contribution in [-0.2, 0) is 38.5 Å². The molecule has 0 atom stereocenters. The molecular formula is C48H68N2. The number of nitrogens with two attached hydrogens (primary N) is 2. The highest BCUT2D eigenvalue weighted by Crippen LogP contribution is 2.23. The summed E-state index contributed by atoms with van der Waals surface area (Å²) >= 11 is 0. The third-order valence-electron chi connectivity index (χ3n) is 10.6. The smallest absolute Gasteiger partial charge is 0.0346 e. The summed E-state index contributed by atoms with van der Waals surface area (Å²) in [5.41, 5.74) is 25.6. The maximum atomic E-state index is 6.33. The summed E-state index contributed by atoms with van der Waals surface area (Å²) in [5, 5.41) is 0. The van der Waals surface area contributed by atoms with Crippen LogP contribution in [-0.4, -0.2) is 0 Å². The summed E-state index contributed by atoms with van der Waals surface area (Å²) < 4.78 is 0. The molecule has 4 rings (SSSR count). The minimum Gasteiger partial charge on any atom is -0.399 e. The average molecular weight is 673 g/mol. The lowest BCUT2D eigenvalue weighted by atomic mass is 9.97. The molecule has 2 nitrogen and oxygen atoms in total. The van der Waals surface area contributed by atoms with E-state index in [0.717, 1.165) is 37.1 Å². The monoisotopic (exact) mass is 673 g/mol. The van der Waals surface area contributed by atoms with Gasteiger partial charge in [0, 0.05) is 11.4 Å². The molecule has 4 N–H and O–H groups in total. The largest absolute Gasteiger partial charge is 0.399 e. The van der Waals surface area contributed by atoms with E-state index in [1.807, 2.05) is 0 Å². The highest BCUT2D eigenvalue weighted by atomic mass is 14.6. The Hall–Kier alpha value is -3.52. The van der Waals surface area contributed by atoms with Gasteiger partial charge >= 0.3 is 0 Å². The molecule has 2 heteroatoms. The van der Waals surface area contributed by atoms with Gasteiger partial charge in [-0.1, -0.05) is 164 Å². The maximum absolute atomic E-state index is 6.33. The van der Waals surface area contributed by atoms with Crippen molar-refractivity contribution in [3.05, 3.63) is 129 Å². The van der Waals surface area contributed by atoms with Crippen LogP contribution in [0.3, 0.4) is 0 Å². The summed E-state index contributed by atoms with van der Waals surface area (Å²) in [4.78, 5) is 0. The van der Waals surface area contributed by atoms with Gasteiger partial charge in [-0.2, -0.15) is 0 Å². The summed E-state index contributed by atoms with van der Waals surface area (Å²) in [6, 6.07) is 32.0. The van der Waals surface area contributed by atoms with Gasteiger partial charge in [0.1, 0.15) is 0 Å². The van der Waals surface area contributed by atoms with E-state index >= 15 is 0 Å². The quantitative estimate of drug-likeness (QED) is 0.0544. The SMILES string of the molecule is CCCCCCCCc1cc(Cc2ccc(CCCCCCc3ccc(Cc4ccc(N)c(CCCCCCCC)c4)cc3)cc2)ccc1N. The molecular weight excluding hydrogens is 605 g/mol. The highest BCUT2D eigenvalue weighted by Gasteiger charge is 2.06. The standard InChI is InChI=1S/C48H68N2/c1-3-5-7-9-11-17-21-45-37-43(31-33-47(45)49)35-41-27-23-39(24-28-41)19-15-13-14-16-20-40-25-29-42(30-26-40)36-44-32-34-48(50)46(38-44)22-18-12-10-8-6-4-2/h23-34,37-38H,3-22,35-36,49-50H2,1-2H3. The van der Waals surface area contributed by atoms with Crippen molar-refractivity contribution >= 4 is 11.4 Å². The molecule has 0 aliphatic carbocycles. The Kier molecular flexibility index (Phi) is 18.1. The first kappa shape index (κ1) is 39.3. The van der Waals surface area contributed by atoms with Crippen LogP contribution in [0.15, 0.2) is 84.9 Å². The van der Waals surface area contributed by atoms with E-state index in [4.69, 9.17) is 11.5 Å². The molecule has 0 aromatic heterocycles. The Bertz CT molecular complexity index is 1370. The van der Waals surface area contributed by atoms with Crippen molar-refractivity contribution in [2.75, 3.05) is 11.5 Å². The lowest BCUT2D eigenvalue weighted by Gasteiger charge is -2.10. The molecule has 4 aromatic carbocycles. The molecule has 0 heterocycles. The molecule has 270 valence electrons. The van der Waals surface area contributed by atoms with Gasteiger partial charge in [-0.3, -0.25) is 0 Å². The number of unbranched alkanes of at least 4 members (excludes halogenated alkanes) is 13. The van der Waals surface area contributed by atoms with Crippen LogP contribution in [0.1, 0.15) is 161 Å². The number of benzene rings is 4. The number of anilines is 2. The van der Waals surface area contributed by atoms with Gasteiger partial charge in [-0.05, 0) is 121 Å². The van der Waals surface area contributed by atoms with Gasteiger partial charge in [-0.25, -0.2) is 0 Å². The van der Waals surface area contributed by atoms with Crippen molar-refractivity contribution < 1.29 is 0 Å². The van der Waals surface area contributed by atoms with Crippen LogP contribution in [0.2, 0.25) is 0 Å². The predicted molar refractivity (Wildman–Crippen MR) is 220 cm³/mol. The second-order valence-electron chi connectivity index (χ2n) is 15.0. The molecule has 0 bridgehead atoms. The minimum absolute atomic E-state index is 0.952. The van der Waals surface area contributed by atoms with Gasteiger partial charge in [0.15, 0.2) is 0 Å². The Morgan fingerprint density at radius 2 is 0.620 bits per heavy atom. The van der Waals surface area contributed by atoms with Crippen LogP contribution in [0.5, 0.6) is 0 Å². The van der Waals surface area contributed by atoms with Crippen LogP contribution < -0.4 is 11.5 Å². The normalized spacial score (nSPS) is 11.3. The van der Waals surface area contributed by atoms with E-state index in [9.17, 15) is 0 Å². The van der Waals surface area contributed by atoms with Gasteiger partial charge < -0.3 is 11.5 Å². The van der Waals surface area contributed by atoms with Crippen molar-refractivity contribution in [3.8, 4) is 0 Å². The first-order valence-corrected chi connectivity index (χ1v) is 20.4. The summed E-state index contributed by atoms with van der Waals surface area (Å²) in [5.74, 6) is 0. The summed E-state index contributed by atoms with van der Waals surface area (Å²) in [6.45, 7) is 4.55. The third-order valence-corrected chi connectivity index (χ3v) is 10.6. The van der Waals surface area contributed by atoms with Gasteiger partial charge in [0.2, 0.25) is 0 Å². The van der Waals surface area contributed by atoms with Crippen LogP contribution in [0.4, 0.5) is 11.4 Å². The minimum atomic E-state index is 0.952. The maximum Gasteiger partial charge on any atom is 0.0346 e. The lowest BCUT2D eigenvalue weighted by molar-refractivity contribution is 0.608. The van der Waals surface area contributed by atoms with E-state index in [-0.39, 0.29) is 0 Å². The van der Waals surface area contributed by atoms with Crippen LogP contribution in [0.25, 0.3) is 0 Å². The molecule has 0 radical (unpaired) electrons. The molecule has 50 heavy (non-hydrogen) atoms. The van der Waals surface area contributed by atoms with Crippen LogP contribution >= 0.6 is 0 Å². The fourth-order valence-corrected chi connectivity index (χ4v) is 7.29.